The van der Waals surface area contributed by atoms with Gasteiger partial charge in [0.2, 0.25) is 11.8 Å². The molecule has 0 saturated heterocycles. The minimum absolute atomic E-state index is 0.00150. The number of hydrogen-bond acceptors (Lipinski definition) is 6. The molecule has 1 N–H and O–H groups in total. The summed E-state index contributed by atoms with van der Waals surface area (Å²) in [5.41, 5.74) is 1.64. The van der Waals surface area contributed by atoms with E-state index in [0.29, 0.717) is 22.9 Å². The molecule has 0 saturated carbocycles. The number of benzene rings is 4. The Morgan fingerprint density at radius 1 is 0.851 bits per heavy atom. The van der Waals surface area contributed by atoms with Gasteiger partial charge in [-0.3, -0.25) is 13.9 Å². The van der Waals surface area contributed by atoms with E-state index in [2.05, 4.69) is 5.32 Å². The first-order valence-electron chi connectivity index (χ1n) is 15.3. The number of sulfonamides is 1. The van der Waals surface area contributed by atoms with Crippen LogP contribution < -0.4 is 19.1 Å². The molecular formula is C36H40ClN3O6S. The Labute approximate surface area is 282 Å². The van der Waals surface area contributed by atoms with Crippen LogP contribution in [-0.4, -0.2) is 58.5 Å². The van der Waals surface area contributed by atoms with Crippen LogP contribution in [0.25, 0.3) is 0 Å². The zero-order chi connectivity index (χ0) is 33.8. The molecular weight excluding hydrogens is 638 g/mol. The van der Waals surface area contributed by atoms with Gasteiger partial charge in [0, 0.05) is 30.6 Å². The lowest BCUT2D eigenvalue weighted by Gasteiger charge is -2.34. The summed E-state index contributed by atoms with van der Waals surface area (Å²) in [4.78, 5) is 29.9. The van der Waals surface area contributed by atoms with Crippen LogP contribution >= 0.6 is 11.6 Å². The molecule has 248 valence electrons. The van der Waals surface area contributed by atoms with Crippen molar-refractivity contribution in [2.75, 3.05) is 31.6 Å². The van der Waals surface area contributed by atoms with E-state index in [1.54, 1.807) is 54.6 Å². The average molecular weight is 678 g/mol. The van der Waals surface area contributed by atoms with Crippen molar-refractivity contribution in [3.63, 3.8) is 0 Å². The molecule has 4 rings (SSSR count). The summed E-state index contributed by atoms with van der Waals surface area (Å²) in [6.45, 7) is 1.83. The van der Waals surface area contributed by atoms with Gasteiger partial charge in [0.25, 0.3) is 10.0 Å². The smallest absolute Gasteiger partial charge is 0.264 e. The van der Waals surface area contributed by atoms with Gasteiger partial charge in [-0.2, -0.15) is 0 Å². The predicted molar refractivity (Wildman–Crippen MR) is 184 cm³/mol. The third-order valence-corrected chi connectivity index (χ3v) is 9.82. The number of anilines is 1. The van der Waals surface area contributed by atoms with Crippen LogP contribution in [-0.2, 0) is 32.6 Å². The Morgan fingerprint density at radius 2 is 1.49 bits per heavy atom. The molecule has 0 aliphatic carbocycles. The molecule has 0 heterocycles. The molecule has 4 aromatic carbocycles. The predicted octanol–water partition coefficient (Wildman–Crippen LogP) is 6.11. The first-order chi connectivity index (χ1) is 22.7. The molecule has 0 aromatic heterocycles. The number of unbranched alkanes of at least 4 members (excludes halogenated alkanes) is 1. The van der Waals surface area contributed by atoms with Crippen LogP contribution in [0.1, 0.15) is 30.9 Å². The molecule has 0 aliphatic heterocycles. The Morgan fingerprint density at radius 3 is 2.13 bits per heavy atom. The zero-order valence-corrected chi connectivity index (χ0v) is 28.3. The monoisotopic (exact) mass is 677 g/mol. The van der Waals surface area contributed by atoms with Crippen LogP contribution in [0.5, 0.6) is 11.5 Å². The van der Waals surface area contributed by atoms with Gasteiger partial charge in [-0.05, 0) is 47.9 Å². The molecule has 2 amide bonds. The Kier molecular flexibility index (Phi) is 12.7. The zero-order valence-electron chi connectivity index (χ0n) is 26.8. The number of amides is 2. The van der Waals surface area contributed by atoms with Crippen LogP contribution in [0.15, 0.2) is 108 Å². The summed E-state index contributed by atoms with van der Waals surface area (Å²) in [5, 5.41) is 3.40. The van der Waals surface area contributed by atoms with Gasteiger partial charge in [-0.1, -0.05) is 91.7 Å². The number of hydrogen-bond donors (Lipinski definition) is 1. The Hall–Kier alpha value is -4.54. The fourth-order valence-electron chi connectivity index (χ4n) is 5.10. The minimum atomic E-state index is -4.27. The maximum atomic E-state index is 14.6. The topological polar surface area (TPSA) is 105 Å². The van der Waals surface area contributed by atoms with Crippen molar-refractivity contribution in [1.29, 1.82) is 0 Å². The van der Waals surface area contributed by atoms with E-state index in [1.165, 1.54) is 37.3 Å². The highest BCUT2D eigenvalue weighted by molar-refractivity contribution is 7.92. The SMILES string of the molecule is CCCCNC(=O)[C@@H](Cc1ccccc1)N(Cc1ccccc1Cl)C(=O)CN(c1ccc(OC)c(OC)c1)S(=O)(=O)c1ccccc1. The van der Waals surface area contributed by atoms with Gasteiger partial charge >= 0.3 is 0 Å². The molecule has 4 aromatic rings. The fourth-order valence-corrected chi connectivity index (χ4v) is 6.72. The molecule has 0 bridgehead atoms. The Bertz CT molecular complexity index is 1740. The van der Waals surface area contributed by atoms with Crippen molar-refractivity contribution < 1.29 is 27.5 Å². The standard InChI is InChI=1S/C36H40ClN3O6S/c1-4-5-22-38-36(42)32(23-27-14-8-6-9-15-27)39(25-28-16-12-13-19-31(28)37)35(41)26-40(47(43,44)30-17-10-7-11-18-30)29-20-21-33(45-2)34(24-29)46-3/h6-21,24,32H,4-5,22-23,25-26H2,1-3H3,(H,38,42)/t32-/m1/s1. The number of methoxy groups -OCH3 is 2. The molecule has 11 heteroatoms. The number of carbonyl (C=O) groups excluding carboxylic acids is 2. The number of rotatable bonds is 16. The quantitative estimate of drug-likeness (QED) is 0.144. The van der Waals surface area contributed by atoms with Crippen LogP contribution in [0.2, 0.25) is 5.02 Å². The Balaban J connectivity index is 1.83. The lowest BCUT2D eigenvalue weighted by atomic mass is 10.0. The second kappa shape index (κ2) is 16.9. The number of halogens is 1. The van der Waals surface area contributed by atoms with E-state index in [-0.39, 0.29) is 35.2 Å². The summed E-state index contributed by atoms with van der Waals surface area (Å²) in [6.07, 6.45) is 1.85. The first kappa shape index (κ1) is 35.3. The van der Waals surface area contributed by atoms with Gasteiger partial charge in [0.05, 0.1) is 24.8 Å². The summed E-state index contributed by atoms with van der Waals surface area (Å²) in [7, 11) is -1.35. The maximum Gasteiger partial charge on any atom is 0.264 e. The van der Waals surface area contributed by atoms with Gasteiger partial charge < -0.3 is 19.7 Å². The highest BCUT2D eigenvalue weighted by atomic mass is 35.5. The molecule has 0 unspecified atom stereocenters. The summed E-state index contributed by atoms with van der Waals surface area (Å²) >= 11 is 6.57. The van der Waals surface area contributed by atoms with Crippen molar-refractivity contribution in [2.45, 2.75) is 43.7 Å². The third kappa shape index (κ3) is 9.05. The van der Waals surface area contributed by atoms with E-state index in [1.807, 2.05) is 37.3 Å². The molecule has 0 aliphatic rings. The molecule has 1 atom stereocenters. The van der Waals surface area contributed by atoms with E-state index in [9.17, 15) is 18.0 Å². The molecule has 47 heavy (non-hydrogen) atoms. The van der Waals surface area contributed by atoms with Crippen LogP contribution in [0.4, 0.5) is 5.69 Å². The first-order valence-corrected chi connectivity index (χ1v) is 17.2. The fraction of sp³-hybridized carbons (Fsp3) is 0.278. The van der Waals surface area contributed by atoms with E-state index >= 15 is 0 Å². The lowest BCUT2D eigenvalue weighted by molar-refractivity contribution is -0.140. The number of ether oxygens (including phenoxy) is 2. The second-order valence-corrected chi connectivity index (χ2v) is 13.1. The number of nitrogens with zero attached hydrogens (tertiary/aromatic N) is 2. The van der Waals surface area contributed by atoms with Gasteiger partial charge in [0.1, 0.15) is 12.6 Å². The third-order valence-electron chi connectivity index (χ3n) is 7.66. The summed E-state index contributed by atoms with van der Waals surface area (Å²) in [5.74, 6) is -0.250. The average Bonchev–Trinajstić information content (AvgIpc) is 3.09. The van der Waals surface area contributed by atoms with Crippen molar-refractivity contribution >= 4 is 39.1 Å². The van der Waals surface area contributed by atoms with Crippen molar-refractivity contribution in [2.24, 2.45) is 0 Å². The number of nitrogens with one attached hydrogen (secondary N) is 1. The summed E-state index contributed by atoms with van der Waals surface area (Å²) < 4.78 is 40.3. The van der Waals surface area contributed by atoms with Gasteiger partial charge in [-0.25, -0.2) is 8.42 Å². The van der Waals surface area contributed by atoms with Gasteiger partial charge in [-0.15, -0.1) is 0 Å². The van der Waals surface area contributed by atoms with Crippen molar-refractivity contribution in [3.8, 4) is 11.5 Å². The van der Waals surface area contributed by atoms with Crippen LogP contribution in [0.3, 0.4) is 0 Å². The minimum Gasteiger partial charge on any atom is -0.493 e. The largest absolute Gasteiger partial charge is 0.493 e. The highest BCUT2D eigenvalue weighted by Crippen LogP contribution is 2.34. The lowest BCUT2D eigenvalue weighted by Crippen LogP contribution is -2.53. The molecule has 0 spiro atoms. The van der Waals surface area contributed by atoms with E-state index in [0.717, 1.165) is 22.7 Å². The normalized spacial score (nSPS) is 11.7. The second-order valence-electron chi connectivity index (χ2n) is 10.8. The number of carbonyl (C=O) groups is 2. The maximum absolute atomic E-state index is 14.6. The van der Waals surface area contributed by atoms with Crippen LogP contribution in [0, 0.1) is 0 Å². The molecule has 0 fully saturated rings. The molecule has 9 nitrogen and oxygen atoms in total. The van der Waals surface area contributed by atoms with E-state index < -0.39 is 28.5 Å². The molecule has 0 radical (unpaired) electrons. The van der Waals surface area contributed by atoms with Crippen molar-refractivity contribution in [1.82, 2.24) is 10.2 Å². The summed E-state index contributed by atoms with van der Waals surface area (Å²) in [6, 6.07) is 28.0. The highest BCUT2D eigenvalue weighted by Gasteiger charge is 2.35. The van der Waals surface area contributed by atoms with Gasteiger partial charge in [0.15, 0.2) is 11.5 Å². The van der Waals surface area contributed by atoms with E-state index in [4.69, 9.17) is 21.1 Å². The van der Waals surface area contributed by atoms with Crippen molar-refractivity contribution in [3.05, 3.63) is 119 Å².